The van der Waals surface area contributed by atoms with E-state index in [0.29, 0.717) is 17.9 Å². The predicted octanol–water partition coefficient (Wildman–Crippen LogP) is 2.23. The highest BCUT2D eigenvalue weighted by Gasteiger charge is 2.16. The molecule has 2 aromatic carbocycles. The van der Waals surface area contributed by atoms with Gasteiger partial charge in [0.25, 0.3) is 5.91 Å². The Balaban J connectivity index is 2.13. The number of carboxylic acid groups (broad SMARTS) is 1. The second-order valence-electron chi connectivity index (χ2n) is 5.53. The number of amides is 1. The third-order valence-electron chi connectivity index (χ3n) is 3.54. The fourth-order valence-corrected chi connectivity index (χ4v) is 2.28. The van der Waals surface area contributed by atoms with E-state index >= 15 is 0 Å². The Labute approximate surface area is 145 Å². The zero-order valence-electron chi connectivity index (χ0n) is 13.8. The van der Waals surface area contributed by atoms with Crippen LogP contribution in [0, 0.1) is 5.82 Å². The topological polar surface area (TPSA) is 78.5 Å². The second-order valence-corrected chi connectivity index (χ2v) is 5.53. The van der Waals surface area contributed by atoms with Gasteiger partial charge in [0.05, 0.1) is 12.6 Å². The number of carbonyl (C=O) groups is 2. The summed E-state index contributed by atoms with van der Waals surface area (Å²) in [6.45, 7) is 2.58. The van der Waals surface area contributed by atoms with E-state index in [0.717, 1.165) is 6.42 Å². The SMILES string of the molecule is CCCOc1ccc([C@@H](CC(=O)[O-])NC(=O)c2ccc(F)cc2)cc1. The maximum atomic E-state index is 12.9. The smallest absolute Gasteiger partial charge is 0.251 e. The number of hydrogen-bond donors (Lipinski definition) is 1. The molecule has 0 saturated carbocycles. The number of carbonyl (C=O) groups excluding carboxylic acids is 2. The first kappa shape index (κ1) is 18.4. The third-order valence-corrected chi connectivity index (χ3v) is 3.54. The van der Waals surface area contributed by atoms with E-state index in [1.165, 1.54) is 24.3 Å². The van der Waals surface area contributed by atoms with E-state index in [1.54, 1.807) is 24.3 Å². The van der Waals surface area contributed by atoms with Gasteiger partial charge in [0.1, 0.15) is 11.6 Å². The normalized spacial score (nSPS) is 11.6. The van der Waals surface area contributed by atoms with Gasteiger partial charge in [-0.1, -0.05) is 19.1 Å². The van der Waals surface area contributed by atoms with Gasteiger partial charge in [0, 0.05) is 18.0 Å². The van der Waals surface area contributed by atoms with E-state index in [-0.39, 0.29) is 12.0 Å². The molecular formula is C19H19FNO4-. The molecule has 0 unspecified atom stereocenters. The molecule has 0 saturated heterocycles. The summed E-state index contributed by atoms with van der Waals surface area (Å²) in [5.74, 6) is -1.55. The van der Waals surface area contributed by atoms with Gasteiger partial charge in [-0.15, -0.1) is 0 Å². The predicted molar refractivity (Wildman–Crippen MR) is 88.5 cm³/mol. The van der Waals surface area contributed by atoms with Crippen molar-refractivity contribution < 1.29 is 23.8 Å². The Morgan fingerprint density at radius 1 is 1.12 bits per heavy atom. The Morgan fingerprint density at radius 3 is 2.32 bits per heavy atom. The average molecular weight is 344 g/mol. The molecule has 0 heterocycles. The van der Waals surface area contributed by atoms with Crippen LogP contribution in [0.5, 0.6) is 5.75 Å². The lowest BCUT2D eigenvalue weighted by atomic mass is 10.0. The van der Waals surface area contributed by atoms with Crippen LogP contribution in [0.3, 0.4) is 0 Å². The third kappa shape index (κ3) is 5.60. The van der Waals surface area contributed by atoms with Crippen LogP contribution in [-0.4, -0.2) is 18.5 Å². The van der Waals surface area contributed by atoms with Crippen molar-refractivity contribution in [2.45, 2.75) is 25.8 Å². The molecule has 0 bridgehead atoms. The summed E-state index contributed by atoms with van der Waals surface area (Å²) >= 11 is 0. The number of hydrogen-bond acceptors (Lipinski definition) is 4. The highest BCUT2D eigenvalue weighted by Crippen LogP contribution is 2.21. The van der Waals surface area contributed by atoms with Gasteiger partial charge in [-0.05, 0) is 48.4 Å². The van der Waals surface area contributed by atoms with Crippen LogP contribution in [0.4, 0.5) is 4.39 Å². The molecule has 1 atom stereocenters. The van der Waals surface area contributed by atoms with Crippen molar-refractivity contribution in [3.8, 4) is 5.75 Å². The largest absolute Gasteiger partial charge is 0.550 e. The number of aliphatic carboxylic acids is 1. The molecule has 0 aliphatic heterocycles. The molecule has 6 heteroatoms. The van der Waals surface area contributed by atoms with Crippen molar-refractivity contribution in [1.82, 2.24) is 5.32 Å². The molecule has 5 nitrogen and oxygen atoms in total. The van der Waals surface area contributed by atoms with Gasteiger partial charge in [-0.2, -0.15) is 0 Å². The van der Waals surface area contributed by atoms with Gasteiger partial charge in [0.15, 0.2) is 0 Å². The lowest BCUT2D eigenvalue weighted by Gasteiger charge is -2.20. The Kier molecular flexibility index (Phi) is 6.51. The van der Waals surface area contributed by atoms with E-state index in [9.17, 15) is 19.1 Å². The molecule has 0 aliphatic rings. The van der Waals surface area contributed by atoms with Crippen LogP contribution in [0.25, 0.3) is 0 Å². The average Bonchev–Trinajstić information content (AvgIpc) is 2.60. The first-order valence-electron chi connectivity index (χ1n) is 7.98. The molecule has 2 aromatic rings. The van der Waals surface area contributed by atoms with Crippen LogP contribution >= 0.6 is 0 Å². The van der Waals surface area contributed by atoms with Crippen LogP contribution in [0.15, 0.2) is 48.5 Å². The lowest BCUT2D eigenvalue weighted by Crippen LogP contribution is -2.34. The van der Waals surface area contributed by atoms with Gasteiger partial charge in [-0.25, -0.2) is 4.39 Å². The summed E-state index contributed by atoms with van der Waals surface area (Å²) in [5.41, 5.74) is 0.858. The molecule has 1 amide bonds. The first-order valence-corrected chi connectivity index (χ1v) is 7.98. The van der Waals surface area contributed by atoms with Gasteiger partial charge >= 0.3 is 0 Å². The summed E-state index contributed by atoms with van der Waals surface area (Å²) in [4.78, 5) is 23.3. The van der Waals surface area contributed by atoms with Crippen LogP contribution in [-0.2, 0) is 4.79 Å². The number of rotatable bonds is 8. The molecule has 0 spiro atoms. The van der Waals surface area contributed by atoms with E-state index in [1.807, 2.05) is 6.92 Å². The molecule has 1 N–H and O–H groups in total. The standard InChI is InChI=1S/C19H20FNO4/c1-2-11-25-16-9-5-13(6-10-16)17(12-18(22)23)21-19(24)14-3-7-15(20)8-4-14/h3-10,17H,2,11-12H2,1H3,(H,21,24)(H,22,23)/p-1/t17-/m1/s1. The maximum Gasteiger partial charge on any atom is 0.251 e. The number of ether oxygens (including phenoxy) is 1. The molecule has 0 fully saturated rings. The lowest BCUT2D eigenvalue weighted by molar-refractivity contribution is -0.306. The monoisotopic (exact) mass is 344 g/mol. The maximum absolute atomic E-state index is 12.9. The molecule has 0 radical (unpaired) electrons. The fraction of sp³-hybridized carbons (Fsp3) is 0.263. The Bertz CT molecular complexity index is 713. The highest BCUT2D eigenvalue weighted by atomic mass is 19.1. The zero-order chi connectivity index (χ0) is 18.2. The van der Waals surface area contributed by atoms with E-state index in [4.69, 9.17) is 4.74 Å². The van der Waals surface area contributed by atoms with Crippen LogP contribution < -0.4 is 15.2 Å². The van der Waals surface area contributed by atoms with Gasteiger partial charge in [0.2, 0.25) is 0 Å². The van der Waals surface area contributed by atoms with Crippen molar-refractivity contribution in [3.63, 3.8) is 0 Å². The van der Waals surface area contributed by atoms with Crippen molar-refractivity contribution >= 4 is 11.9 Å². The first-order chi connectivity index (χ1) is 12.0. The summed E-state index contributed by atoms with van der Waals surface area (Å²) in [7, 11) is 0. The van der Waals surface area contributed by atoms with Gasteiger partial charge < -0.3 is 20.0 Å². The second kappa shape index (κ2) is 8.82. The van der Waals surface area contributed by atoms with Crippen molar-refractivity contribution in [2.24, 2.45) is 0 Å². The summed E-state index contributed by atoms with van der Waals surface area (Å²) in [5, 5.41) is 13.7. The zero-order valence-corrected chi connectivity index (χ0v) is 13.8. The number of carboxylic acids is 1. The van der Waals surface area contributed by atoms with Crippen LogP contribution in [0.2, 0.25) is 0 Å². The summed E-state index contributed by atoms with van der Waals surface area (Å²) in [6.07, 6.45) is 0.505. The molecule has 25 heavy (non-hydrogen) atoms. The van der Waals surface area contributed by atoms with E-state index in [2.05, 4.69) is 5.32 Å². The quantitative estimate of drug-likeness (QED) is 0.796. The minimum atomic E-state index is -1.28. The fourth-order valence-electron chi connectivity index (χ4n) is 2.28. The molecule has 0 aromatic heterocycles. The molecule has 0 aliphatic carbocycles. The van der Waals surface area contributed by atoms with Crippen molar-refractivity contribution in [1.29, 1.82) is 0 Å². The number of halogens is 1. The highest BCUT2D eigenvalue weighted by molar-refractivity contribution is 5.94. The number of nitrogens with one attached hydrogen (secondary N) is 1. The summed E-state index contributed by atoms with van der Waals surface area (Å²) in [6, 6.07) is 11.1. The van der Waals surface area contributed by atoms with Crippen molar-refractivity contribution in [2.75, 3.05) is 6.61 Å². The molecular weight excluding hydrogens is 325 g/mol. The van der Waals surface area contributed by atoms with Crippen LogP contribution in [0.1, 0.15) is 41.7 Å². The van der Waals surface area contributed by atoms with E-state index < -0.39 is 23.7 Å². The minimum absolute atomic E-state index is 0.243. The minimum Gasteiger partial charge on any atom is -0.550 e. The Hall–Kier alpha value is -2.89. The molecule has 132 valence electrons. The molecule has 2 rings (SSSR count). The Morgan fingerprint density at radius 2 is 1.76 bits per heavy atom. The van der Waals surface area contributed by atoms with Gasteiger partial charge in [-0.3, -0.25) is 4.79 Å². The summed E-state index contributed by atoms with van der Waals surface area (Å²) < 4.78 is 18.4. The van der Waals surface area contributed by atoms with Crippen molar-refractivity contribution in [3.05, 3.63) is 65.5 Å². The number of benzene rings is 2.